The lowest BCUT2D eigenvalue weighted by Gasteiger charge is -2.32. The van der Waals surface area contributed by atoms with Gasteiger partial charge in [0, 0.05) is 31.9 Å². The molecule has 3 rings (SSSR count). The van der Waals surface area contributed by atoms with Gasteiger partial charge in [0.1, 0.15) is 0 Å². The Morgan fingerprint density at radius 3 is 2.55 bits per heavy atom. The molecule has 1 aromatic rings. The van der Waals surface area contributed by atoms with Crippen molar-refractivity contribution in [2.75, 3.05) is 37.2 Å². The summed E-state index contributed by atoms with van der Waals surface area (Å²) in [6, 6.07) is 7.65. The van der Waals surface area contributed by atoms with Crippen molar-refractivity contribution in [2.24, 2.45) is 17.6 Å². The van der Waals surface area contributed by atoms with Crippen LogP contribution in [0.25, 0.3) is 0 Å². The SMILES string of the molecule is CCCS(=O)(=O)N1CCCC(C(=O)Nc2ccccc2CN2CCCC(C(N)=O)C2)C1. The van der Waals surface area contributed by atoms with Gasteiger partial charge in [0.25, 0.3) is 0 Å². The fraction of sp³-hybridized carbons (Fsp3) is 0.636. The minimum Gasteiger partial charge on any atom is -0.369 e. The molecule has 2 heterocycles. The monoisotopic (exact) mass is 450 g/mol. The van der Waals surface area contributed by atoms with Crippen molar-refractivity contribution >= 4 is 27.5 Å². The number of anilines is 1. The summed E-state index contributed by atoms with van der Waals surface area (Å²) >= 11 is 0. The average molecular weight is 451 g/mol. The Labute approximate surface area is 185 Å². The van der Waals surface area contributed by atoms with Gasteiger partial charge in [0.15, 0.2) is 0 Å². The number of amides is 2. The number of para-hydroxylation sites is 1. The van der Waals surface area contributed by atoms with E-state index >= 15 is 0 Å². The van der Waals surface area contributed by atoms with Crippen LogP contribution in [0.4, 0.5) is 5.69 Å². The van der Waals surface area contributed by atoms with Crippen molar-refractivity contribution < 1.29 is 18.0 Å². The maximum Gasteiger partial charge on any atom is 0.228 e. The molecule has 2 amide bonds. The summed E-state index contributed by atoms with van der Waals surface area (Å²) < 4.78 is 26.3. The van der Waals surface area contributed by atoms with Gasteiger partial charge in [0.05, 0.1) is 17.6 Å². The number of carbonyl (C=O) groups excluding carboxylic acids is 2. The van der Waals surface area contributed by atoms with Crippen molar-refractivity contribution in [1.29, 1.82) is 0 Å². The molecule has 172 valence electrons. The van der Waals surface area contributed by atoms with E-state index in [0.717, 1.165) is 30.6 Å². The second kappa shape index (κ2) is 10.6. The number of nitrogens with two attached hydrogens (primary N) is 1. The highest BCUT2D eigenvalue weighted by Gasteiger charge is 2.32. The zero-order valence-corrected chi connectivity index (χ0v) is 19.1. The van der Waals surface area contributed by atoms with Crippen LogP contribution in [0, 0.1) is 11.8 Å². The third kappa shape index (κ3) is 6.27. The number of nitrogens with one attached hydrogen (secondary N) is 1. The highest BCUT2D eigenvalue weighted by atomic mass is 32.2. The lowest BCUT2D eigenvalue weighted by molar-refractivity contribution is -0.123. The van der Waals surface area contributed by atoms with Crippen LogP contribution in [0.15, 0.2) is 24.3 Å². The molecule has 0 aliphatic carbocycles. The van der Waals surface area contributed by atoms with E-state index < -0.39 is 10.0 Å². The predicted molar refractivity (Wildman–Crippen MR) is 121 cm³/mol. The van der Waals surface area contributed by atoms with E-state index in [0.29, 0.717) is 38.9 Å². The van der Waals surface area contributed by atoms with E-state index in [9.17, 15) is 18.0 Å². The average Bonchev–Trinajstić information content (AvgIpc) is 2.75. The van der Waals surface area contributed by atoms with Gasteiger partial charge >= 0.3 is 0 Å². The molecule has 0 aromatic heterocycles. The summed E-state index contributed by atoms with van der Waals surface area (Å²) in [6.45, 7) is 4.71. The number of benzene rings is 1. The molecule has 31 heavy (non-hydrogen) atoms. The van der Waals surface area contributed by atoms with Crippen LogP contribution in [-0.4, -0.2) is 61.4 Å². The maximum absolute atomic E-state index is 13.0. The van der Waals surface area contributed by atoms with E-state index in [1.807, 2.05) is 31.2 Å². The summed E-state index contributed by atoms with van der Waals surface area (Å²) in [5.74, 6) is -0.771. The van der Waals surface area contributed by atoms with E-state index in [1.54, 1.807) is 0 Å². The van der Waals surface area contributed by atoms with Crippen LogP contribution in [0.2, 0.25) is 0 Å². The molecule has 0 spiro atoms. The van der Waals surface area contributed by atoms with E-state index in [2.05, 4.69) is 10.2 Å². The number of primary amides is 1. The number of likely N-dealkylation sites (tertiary alicyclic amines) is 1. The Hall–Kier alpha value is -1.97. The highest BCUT2D eigenvalue weighted by Crippen LogP contribution is 2.25. The van der Waals surface area contributed by atoms with Crippen molar-refractivity contribution in [2.45, 2.75) is 45.6 Å². The minimum atomic E-state index is -3.30. The van der Waals surface area contributed by atoms with Gasteiger partial charge in [-0.25, -0.2) is 12.7 Å². The largest absolute Gasteiger partial charge is 0.369 e. The molecule has 2 saturated heterocycles. The first-order valence-corrected chi connectivity index (χ1v) is 12.8. The normalized spacial score (nSPS) is 23.4. The molecule has 0 radical (unpaired) electrons. The lowest BCUT2D eigenvalue weighted by atomic mass is 9.96. The van der Waals surface area contributed by atoms with Gasteiger partial charge < -0.3 is 11.1 Å². The van der Waals surface area contributed by atoms with Gasteiger partial charge in [-0.2, -0.15) is 0 Å². The Morgan fingerprint density at radius 1 is 1.10 bits per heavy atom. The second-order valence-electron chi connectivity index (χ2n) is 8.64. The van der Waals surface area contributed by atoms with E-state index in [1.165, 1.54) is 4.31 Å². The molecule has 0 bridgehead atoms. The zero-order chi connectivity index (χ0) is 22.4. The molecule has 2 aliphatic rings. The topological polar surface area (TPSA) is 113 Å². The third-order valence-corrected chi connectivity index (χ3v) is 8.23. The molecular weight excluding hydrogens is 416 g/mol. The van der Waals surface area contributed by atoms with E-state index in [4.69, 9.17) is 5.73 Å². The molecular formula is C22H34N4O4S. The van der Waals surface area contributed by atoms with Gasteiger partial charge in [-0.3, -0.25) is 14.5 Å². The molecule has 2 unspecified atom stereocenters. The predicted octanol–water partition coefficient (Wildman–Crippen LogP) is 1.77. The molecule has 2 atom stereocenters. The van der Waals surface area contributed by atoms with Crippen LogP contribution in [0.5, 0.6) is 0 Å². The molecule has 2 fully saturated rings. The number of carbonyl (C=O) groups is 2. The fourth-order valence-electron chi connectivity index (χ4n) is 4.48. The summed E-state index contributed by atoms with van der Waals surface area (Å²) in [4.78, 5) is 26.7. The second-order valence-corrected chi connectivity index (χ2v) is 10.7. The number of rotatable bonds is 8. The molecule has 1 aromatic carbocycles. The number of piperidine rings is 2. The molecule has 2 aliphatic heterocycles. The van der Waals surface area contributed by atoms with Gasteiger partial charge in [0.2, 0.25) is 21.8 Å². The third-order valence-electron chi connectivity index (χ3n) is 6.19. The summed E-state index contributed by atoms with van der Waals surface area (Å²) in [5, 5.41) is 3.03. The molecule has 3 N–H and O–H groups in total. The molecule has 0 saturated carbocycles. The smallest absolute Gasteiger partial charge is 0.228 e. The first-order chi connectivity index (χ1) is 14.8. The van der Waals surface area contributed by atoms with Gasteiger partial charge in [-0.1, -0.05) is 25.1 Å². The van der Waals surface area contributed by atoms with Crippen molar-refractivity contribution in [1.82, 2.24) is 9.21 Å². The number of hydrogen-bond acceptors (Lipinski definition) is 5. The van der Waals surface area contributed by atoms with Crippen molar-refractivity contribution in [3.8, 4) is 0 Å². The fourth-order valence-corrected chi connectivity index (χ4v) is 6.07. The zero-order valence-electron chi connectivity index (χ0n) is 18.3. The standard InChI is InChI=1S/C22H34N4O4S/c1-2-13-31(29,30)26-12-6-9-19(16-26)22(28)24-20-10-4-3-7-17(20)14-25-11-5-8-18(15-25)21(23)27/h3-4,7,10,18-19H,2,5-6,8-9,11-16H2,1H3,(H2,23,27)(H,24,28). The van der Waals surface area contributed by atoms with Crippen molar-refractivity contribution in [3.63, 3.8) is 0 Å². The van der Waals surface area contributed by atoms with Crippen LogP contribution >= 0.6 is 0 Å². The van der Waals surface area contributed by atoms with Crippen LogP contribution in [0.1, 0.15) is 44.6 Å². The number of hydrogen-bond donors (Lipinski definition) is 2. The maximum atomic E-state index is 13.0. The summed E-state index contributed by atoms with van der Waals surface area (Å²) in [6.07, 6.45) is 3.68. The van der Waals surface area contributed by atoms with Gasteiger partial charge in [-0.15, -0.1) is 0 Å². The number of sulfonamides is 1. The highest BCUT2D eigenvalue weighted by molar-refractivity contribution is 7.89. The van der Waals surface area contributed by atoms with Crippen LogP contribution in [-0.2, 0) is 26.2 Å². The molecule has 8 nitrogen and oxygen atoms in total. The van der Waals surface area contributed by atoms with Crippen LogP contribution < -0.4 is 11.1 Å². The Morgan fingerprint density at radius 2 is 1.81 bits per heavy atom. The lowest BCUT2D eigenvalue weighted by Crippen LogP contribution is -2.44. The Balaban J connectivity index is 1.65. The summed E-state index contributed by atoms with van der Waals surface area (Å²) in [5.41, 5.74) is 7.21. The Kier molecular flexibility index (Phi) is 8.07. The first kappa shape index (κ1) is 23.7. The van der Waals surface area contributed by atoms with E-state index in [-0.39, 0.29) is 35.9 Å². The first-order valence-electron chi connectivity index (χ1n) is 11.2. The minimum absolute atomic E-state index is 0.117. The number of nitrogens with zero attached hydrogens (tertiary/aromatic N) is 2. The van der Waals surface area contributed by atoms with Gasteiger partial charge in [-0.05, 0) is 50.3 Å². The summed E-state index contributed by atoms with van der Waals surface area (Å²) in [7, 11) is -3.30. The quantitative estimate of drug-likeness (QED) is 0.627. The molecule has 9 heteroatoms. The van der Waals surface area contributed by atoms with Crippen molar-refractivity contribution in [3.05, 3.63) is 29.8 Å². The Bertz CT molecular complexity index is 889. The van der Waals surface area contributed by atoms with Crippen LogP contribution in [0.3, 0.4) is 0 Å².